The van der Waals surface area contributed by atoms with Crippen LogP contribution in [0.25, 0.3) is 23.3 Å². The van der Waals surface area contributed by atoms with Crippen molar-refractivity contribution in [3.63, 3.8) is 0 Å². The molecule has 0 aliphatic carbocycles. The Morgan fingerprint density at radius 1 is 1.00 bits per heavy atom. The van der Waals surface area contributed by atoms with Crippen molar-refractivity contribution in [1.82, 2.24) is 4.98 Å². The lowest BCUT2D eigenvalue weighted by Crippen LogP contribution is -2.23. The van der Waals surface area contributed by atoms with Crippen LogP contribution in [0, 0.1) is 6.92 Å². The van der Waals surface area contributed by atoms with E-state index in [1.165, 1.54) is 27.1 Å². The quantitative estimate of drug-likeness (QED) is 0.724. The molecule has 0 radical (unpaired) electrons. The lowest BCUT2D eigenvalue weighted by atomic mass is 10.0. The Morgan fingerprint density at radius 2 is 1.76 bits per heavy atom. The van der Waals surface area contributed by atoms with Gasteiger partial charge in [0.05, 0.1) is 0 Å². The molecular formula is C16H17N. The van der Waals surface area contributed by atoms with Gasteiger partial charge in [0.15, 0.2) is 0 Å². The van der Waals surface area contributed by atoms with Crippen LogP contribution in [0.2, 0.25) is 0 Å². The van der Waals surface area contributed by atoms with Crippen LogP contribution >= 0.6 is 0 Å². The van der Waals surface area contributed by atoms with Crippen molar-refractivity contribution in [2.75, 3.05) is 0 Å². The second-order valence-electron chi connectivity index (χ2n) is 4.11. The minimum Gasteiger partial charge on any atom is -0.264 e. The van der Waals surface area contributed by atoms with Crippen molar-refractivity contribution >= 4 is 12.2 Å². The maximum atomic E-state index is 4.20. The van der Waals surface area contributed by atoms with E-state index >= 15 is 0 Å². The lowest BCUT2D eigenvalue weighted by molar-refractivity contribution is 1.28. The number of aromatic nitrogens is 1. The third-order valence-corrected chi connectivity index (χ3v) is 3.06. The molecule has 0 atom stereocenters. The van der Waals surface area contributed by atoms with Crippen molar-refractivity contribution in [2.45, 2.75) is 20.8 Å². The molecule has 0 saturated heterocycles. The van der Waals surface area contributed by atoms with E-state index in [2.05, 4.69) is 56.1 Å². The van der Waals surface area contributed by atoms with Crippen molar-refractivity contribution in [2.24, 2.45) is 0 Å². The van der Waals surface area contributed by atoms with Gasteiger partial charge in [-0.25, -0.2) is 0 Å². The first-order valence-electron chi connectivity index (χ1n) is 5.90. The standard InChI is InChI=1S/C16H17N/c1-4-13-6-7-15(10-14(13)5-2)16-11-17-9-8-12(16)3/h4-11H,1-3H3. The molecule has 0 spiro atoms. The van der Waals surface area contributed by atoms with E-state index in [0.717, 1.165) is 0 Å². The Kier molecular flexibility index (Phi) is 3.38. The van der Waals surface area contributed by atoms with E-state index in [-0.39, 0.29) is 0 Å². The molecule has 0 N–H and O–H groups in total. The van der Waals surface area contributed by atoms with Gasteiger partial charge in [-0.2, -0.15) is 0 Å². The number of hydrogen-bond donors (Lipinski definition) is 0. The number of benzene rings is 1. The molecule has 86 valence electrons. The van der Waals surface area contributed by atoms with Gasteiger partial charge in [0.1, 0.15) is 0 Å². The number of rotatable bonds is 1. The molecule has 0 aliphatic rings. The summed E-state index contributed by atoms with van der Waals surface area (Å²) in [6.07, 6.45) is 8.04. The van der Waals surface area contributed by atoms with Crippen LogP contribution in [0.4, 0.5) is 0 Å². The van der Waals surface area contributed by atoms with Gasteiger partial charge in [-0.05, 0) is 54.5 Å². The predicted octanol–water partition coefficient (Wildman–Crippen LogP) is 2.66. The zero-order chi connectivity index (χ0) is 12.3. The van der Waals surface area contributed by atoms with Gasteiger partial charge in [-0.1, -0.05) is 24.3 Å². The van der Waals surface area contributed by atoms with Crippen molar-refractivity contribution in [3.05, 3.63) is 52.7 Å². The summed E-state index contributed by atoms with van der Waals surface area (Å²) in [5.41, 5.74) is 3.70. The van der Waals surface area contributed by atoms with E-state index in [1.807, 2.05) is 18.5 Å². The highest BCUT2D eigenvalue weighted by Gasteiger charge is 2.00. The summed E-state index contributed by atoms with van der Waals surface area (Å²) in [5.74, 6) is 0. The zero-order valence-corrected chi connectivity index (χ0v) is 10.6. The van der Waals surface area contributed by atoms with E-state index in [1.54, 1.807) is 0 Å². The van der Waals surface area contributed by atoms with Crippen LogP contribution in [0.5, 0.6) is 0 Å². The van der Waals surface area contributed by atoms with Crippen LogP contribution in [0.15, 0.2) is 36.7 Å². The van der Waals surface area contributed by atoms with E-state index < -0.39 is 0 Å². The van der Waals surface area contributed by atoms with Gasteiger partial charge in [0, 0.05) is 18.0 Å². The van der Waals surface area contributed by atoms with Crippen molar-refractivity contribution in [3.8, 4) is 11.1 Å². The number of nitrogens with zero attached hydrogens (tertiary/aromatic N) is 1. The highest BCUT2D eigenvalue weighted by molar-refractivity contribution is 5.66. The molecule has 1 aromatic heterocycles. The third kappa shape index (κ3) is 2.28. The van der Waals surface area contributed by atoms with Gasteiger partial charge in [-0.15, -0.1) is 0 Å². The highest BCUT2D eigenvalue weighted by Crippen LogP contribution is 2.19. The number of pyridine rings is 1. The second-order valence-corrected chi connectivity index (χ2v) is 4.11. The van der Waals surface area contributed by atoms with Crippen molar-refractivity contribution < 1.29 is 0 Å². The second kappa shape index (κ2) is 4.96. The van der Waals surface area contributed by atoms with Crippen LogP contribution in [0.3, 0.4) is 0 Å². The third-order valence-electron chi connectivity index (χ3n) is 3.06. The Balaban J connectivity index is 2.68. The maximum absolute atomic E-state index is 4.20. The molecule has 0 saturated carbocycles. The van der Waals surface area contributed by atoms with Crippen molar-refractivity contribution in [1.29, 1.82) is 0 Å². The number of hydrogen-bond acceptors (Lipinski definition) is 1. The lowest BCUT2D eigenvalue weighted by Gasteiger charge is -2.05. The molecule has 0 amide bonds. The molecule has 0 bridgehead atoms. The fourth-order valence-electron chi connectivity index (χ4n) is 2.02. The first-order chi connectivity index (χ1) is 8.26. The van der Waals surface area contributed by atoms with Crippen LogP contribution in [0.1, 0.15) is 19.4 Å². The topological polar surface area (TPSA) is 12.9 Å². The Bertz CT molecular complexity index is 639. The molecule has 1 nitrogen and oxygen atoms in total. The first-order valence-corrected chi connectivity index (χ1v) is 5.90. The molecule has 1 aromatic carbocycles. The molecule has 2 aromatic rings. The summed E-state index contributed by atoms with van der Waals surface area (Å²) in [7, 11) is 0. The van der Waals surface area contributed by atoms with E-state index in [0.29, 0.717) is 0 Å². The van der Waals surface area contributed by atoms with E-state index in [4.69, 9.17) is 0 Å². The smallest absolute Gasteiger partial charge is 0.0349 e. The minimum atomic E-state index is 1.21. The van der Waals surface area contributed by atoms with Gasteiger partial charge in [-0.3, -0.25) is 4.98 Å². The number of aryl methyl sites for hydroxylation is 1. The Hall–Kier alpha value is -1.89. The summed E-state index contributed by atoms with van der Waals surface area (Å²) in [4.78, 5) is 4.20. The summed E-state index contributed by atoms with van der Waals surface area (Å²) >= 11 is 0. The van der Waals surface area contributed by atoms with Gasteiger partial charge in [0.25, 0.3) is 0 Å². The van der Waals surface area contributed by atoms with Crippen LogP contribution < -0.4 is 10.4 Å². The molecular weight excluding hydrogens is 206 g/mol. The van der Waals surface area contributed by atoms with Crippen LogP contribution in [-0.4, -0.2) is 4.98 Å². The normalized spacial score (nSPS) is 13.1. The SMILES string of the molecule is CC=c1ccc(-c2cnccc2C)cc1=CC. The van der Waals surface area contributed by atoms with Gasteiger partial charge in [0.2, 0.25) is 0 Å². The fraction of sp³-hybridized carbons (Fsp3) is 0.188. The molecule has 1 heteroatoms. The monoisotopic (exact) mass is 223 g/mol. The molecule has 1 heterocycles. The maximum Gasteiger partial charge on any atom is 0.0349 e. The van der Waals surface area contributed by atoms with Gasteiger partial charge >= 0.3 is 0 Å². The Morgan fingerprint density at radius 3 is 2.41 bits per heavy atom. The van der Waals surface area contributed by atoms with Crippen LogP contribution in [-0.2, 0) is 0 Å². The average Bonchev–Trinajstić information content (AvgIpc) is 2.38. The fourth-order valence-corrected chi connectivity index (χ4v) is 2.02. The minimum absolute atomic E-state index is 1.21. The molecule has 17 heavy (non-hydrogen) atoms. The summed E-state index contributed by atoms with van der Waals surface area (Å²) in [5, 5.41) is 2.55. The summed E-state index contributed by atoms with van der Waals surface area (Å²) in [6.45, 7) is 6.26. The molecule has 0 fully saturated rings. The largest absolute Gasteiger partial charge is 0.264 e. The molecule has 0 aliphatic heterocycles. The first kappa shape index (κ1) is 11.6. The van der Waals surface area contributed by atoms with E-state index in [9.17, 15) is 0 Å². The Labute approximate surface area is 102 Å². The average molecular weight is 223 g/mol. The zero-order valence-electron chi connectivity index (χ0n) is 10.6. The van der Waals surface area contributed by atoms with Gasteiger partial charge < -0.3 is 0 Å². The summed E-state index contributed by atoms with van der Waals surface area (Å²) < 4.78 is 0. The summed E-state index contributed by atoms with van der Waals surface area (Å²) in [6, 6.07) is 8.59. The molecule has 0 unspecified atom stereocenters. The highest BCUT2D eigenvalue weighted by atomic mass is 14.6. The predicted molar refractivity (Wildman–Crippen MR) is 73.9 cm³/mol. The molecule has 2 rings (SSSR count).